The van der Waals surface area contributed by atoms with Crippen LogP contribution in [0.3, 0.4) is 0 Å². The fraction of sp³-hybridized carbons (Fsp3) is 0.350. The summed E-state index contributed by atoms with van der Waals surface area (Å²) in [5.41, 5.74) is 0.872. The molecule has 0 radical (unpaired) electrons. The van der Waals surface area contributed by atoms with Crippen molar-refractivity contribution in [3.05, 3.63) is 63.2 Å². The zero-order valence-electron chi connectivity index (χ0n) is 16.5. The molecule has 0 bridgehead atoms. The molecule has 0 aromatic heterocycles. The molecule has 1 saturated heterocycles. The quantitative estimate of drug-likeness (QED) is 0.375. The molecule has 11 heteroatoms. The van der Waals surface area contributed by atoms with Gasteiger partial charge in [-0.25, -0.2) is 13.2 Å². The first kappa shape index (κ1) is 21.2. The predicted octanol–water partition coefficient (Wildman–Crippen LogP) is 2.60. The number of hydrogen-bond donors (Lipinski definition) is 0. The summed E-state index contributed by atoms with van der Waals surface area (Å²) in [6, 6.07) is 8.18. The standard InChI is InChI=1S/C20H20N2O8S/c23-20(14-3-5-18(6-4-14)31(26,27)21-7-1-2-8-21)29-12-16-10-17(22(24)25)9-15-11-28-13-30-19(15)16/h3-6,9-10H,1-2,7-8,11-13H2. The highest BCUT2D eigenvalue weighted by Gasteiger charge is 2.27. The summed E-state index contributed by atoms with van der Waals surface area (Å²) < 4.78 is 42.5. The summed E-state index contributed by atoms with van der Waals surface area (Å²) in [6.45, 7) is 0.903. The maximum absolute atomic E-state index is 12.6. The topological polar surface area (TPSA) is 125 Å². The maximum atomic E-state index is 12.6. The van der Waals surface area contributed by atoms with Gasteiger partial charge in [-0.1, -0.05) is 0 Å². The van der Waals surface area contributed by atoms with E-state index in [-0.39, 0.29) is 36.2 Å². The number of benzene rings is 2. The second kappa shape index (κ2) is 8.61. The summed E-state index contributed by atoms with van der Waals surface area (Å²) >= 11 is 0. The molecule has 2 aliphatic rings. The molecule has 0 aliphatic carbocycles. The van der Waals surface area contributed by atoms with Gasteiger partial charge in [0.05, 0.1) is 22.0 Å². The van der Waals surface area contributed by atoms with Crippen molar-refractivity contribution in [2.24, 2.45) is 0 Å². The monoisotopic (exact) mass is 448 g/mol. The molecule has 31 heavy (non-hydrogen) atoms. The number of esters is 1. The largest absolute Gasteiger partial charge is 0.467 e. The van der Waals surface area contributed by atoms with Crippen molar-refractivity contribution in [2.45, 2.75) is 31.0 Å². The third kappa shape index (κ3) is 4.38. The summed E-state index contributed by atoms with van der Waals surface area (Å²) in [4.78, 5) is 23.2. The molecule has 2 aromatic rings. The summed E-state index contributed by atoms with van der Waals surface area (Å²) in [6.07, 6.45) is 1.67. The van der Waals surface area contributed by atoms with Gasteiger partial charge in [0.25, 0.3) is 5.69 Å². The van der Waals surface area contributed by atoms with E-state index < -0.39 is 20.9 Å². The summed E-state index contributed by atoms with van der Waals surface area (Å²) in [5.74, 6) is -0.283. The van der Waals surface area contributed by atoms with Crippen LogP contribution < -0.4 is 4.74 Å². The fourth-order valence-electron chi connectivity index (χ4n) is 3.56. The molecule has 0 unspecified atom stereocenters. The minimum Gasteiger partial charge on any atom is -0.467 e. The first-order chi connectivity index (χ1) is 14.9. The average molecular weight is 448 g/mol. The molecule has 0 amide bonds. The van der Waals surface area contributed by atoms with E-state index in [1.165, 1.54) is 40.7 Å². The van der Waals surface area contributed by atoms with Gasteiger partial charge >= 0.3 is 5.97 Å². The van der Waals surface area contributed by atoms with Crippen LogP contribution in [0.15, 0.2) is 41.3 Å². The van der Waals surface area contributed by atoms with E-state index in [2.05, 4.69) is 0 Å². The zero-order chi connectivity index (χ0) is 22.0. The highest BCUT2D eigenvalue weighted by molar-refractivity contribution is 7.89. The van der Waals surface area contributed by atoms with Gasteiger partial charge in [0.1, 0.15) is 12.4 Å². The van der Waals surface area contributed by atoms with E-state index in [9.17, 15) is 23.3 Å². The Morgan fingerprint density at radius 2 is 1.87 bits per heavy atom. The molecule has 2 aliphatic heterocycles. The molecule has 4 rings (SSSR count). The molecule has 0 saturated carbocycles. The zero-order valence-corrected chi connectivity index (χ0v) is 17.3. The van der Waals surface area contributed by atoms with Crippen LogP contribution in [0.1, 0.15) is 34.3 Å². The second-order valence-corrected chi connectivity index (χ2v) is 9.11. The fourth-order valence-corrected chi connectivity index (χ4v) is 5.08. The van der Waals surface area contributed by atoms with Crippen molar-refractivity contribution in [1.29, 1.82) is 0 Å². The Hall–Kier alpha value is -3.02. The van der Waals surface area contributed by atoms with Gasteiger partial charge in [0.2, 0.25) is 10.0 Å². The number of hydrogen-bond acceptors (Lipinski definition) is 8. The molecule has 2 aromatic carbocycles. The van der Waals surface area contributed by atoms with Gasteiger partial charge in [-0.15, -0.1) is 0 Å². The number of nitro groups is 1. The van der Waals surface area contributed by atoms with Crippen LogP contribution in [0.25, 0.3) is 0 Å². The first-order valence-electron chi connectivity index (χ1n) is 9.64. The van der Waals surface area contributed by atoms with Crippen LogP contribution in [0.2, 0.25) is 0 Å². The van der Waals surface area contributed by atoms with E-state index in [0.29, 0.717) is 30.0 Å². The Morgan fingerprint density at radius 1 is 1.16 bits per heavy atom. The average Bonchev–Trinajstić information content (AvgIpc) is 3.33. The molecule has 164 valence electrons. The lowest BCUT2D eigenvalue weighted by atomic mass is 10.1. The number of rotatable bonds is 6. The van der Waals surface area contributed by atoms with E-state index in [0.717, 1.165) is 12.8 Å². The molecular weight excluding hydrogens is 428 g/mol. The van der Waals surface area contributed by atoms with E-state index in [1.54, 1.807) is 0 Å². The van der Waals surface area contributed by atoms with Gasteiger partial charge in [0, 0.05) is 36.3 Å². The van der Waals surface area contributed by atoms with Crippen molar-refractivity contribution in [3.63, 3.8) is 0 Å². The lowest BCUT2D eigenvalue weighted by molar-refractivity contribution is -0.385. The first-order valence-corrected chi connectivity index (χ1v) is 11.1. The number of non-ortho nitro benzene ring substituents is 1. The van der Waals surface area contributed by atoms with Crippen LogP contribution in [-0.4, -0.2) is 43.5 Å². The Labute approximate surface area is 178 Å². The van der Waals surface area contributed by atoms with Crippen molar-refractivity contribution in [1.82, 2.24) is 4.31 Å². The van der Waals surface area contributed by atoms with Crippen LogP contribution in [-0.2, 0) is 32.7 Å². The predicted molar refractivity (Wildman–Crippen MR) is 107 cm³/mol. The summed E-state index contributed by atoms with van der Waals surface area (Å²) in [7, 11) is -3.57. The van der Waals surface area contributed by atoms with Crippen molar-refractivity contribution in [3.8, 4) is 5.75 Å². The van der Waals surface area contributed by atoms with Crippen LogP contribution in [0, 0.1) is 10.1 Å². The third-order valence-electron chi connectivity index (χ3n) is 5.13. The molecule has 0 N–H and O–H groups in total. The number of fused-ring (bicyclic) bond motifs is 1. The Morgan fingerprint density at radius 3 is 2.55 bits per heavy atom. The number of carbonyl (C=O) groups excluding carboxylic acids is 1. The lowest BCUT2D eigenvalue weighted by Gasteiger charge is -2.20. The third-order valence-corrected chi connectivity index (χ3v) is 7.05. The Balaban J connectivity index is 1.48. The highest BCUT2D eigenvalue weighted by atomic mass is 32.2. The number of ether oxygens (including phenoxy) is 3. The van der Waals surface area contributed by atoms with Gasteiger partial charge in [-0.3, -0.25) is 10.1 Å². The van der Waals surface area contributed by atoms with Gasteiger partial charge < -0.3 is 14.2 Å². The number of nitro benzene ring substituents is 1. The number of sulfonamides is 1. The Bertz CT molecular complexity index is 1110. The normalized spacial score (nSPS) is 16.4. The molecule has 1 fully saturated rings. The van der Waals surface area contributed by atoms with E-state index >= 15 is 0 Å². The highest BCUT2D eigenvalue weighted by Crippen LogP contribution is 2.33. The summed E-state index contributed by atoms with van der Waals surface area (Å²) in [5, 5.41) is 11.2. The van der Waals surface area contributed by atoms with Gasteiger partial charge in [-0.05, 0) is 37.1 Å². The number of carbonyl (C=O) groups is 1. The van der Waals surface area contributed by atoms with Gasteiger partial charge in [0.15, 0.2) is 6.79 Å². The maximum Gasteiger partial charge on any atom is 0.338 e. The molecule has 0 spiro atoms. The second-order valence-electron chi connectivity index (χ2n) is 7.17. The van der Waals surface area contributed by atoms with Crippen LogP contribution in [0.4, 0.5) is 5.69 Å². The van der Waals surface area contributed by atoms with Crippen molar-refractivity contribution >= 4 is 21.7 Å². The number of nitrogens with zero attached hydrogens (tertiary/aromatic N) is 2. The molecule has 0 atom stereocenters. The Kier molecular flexibility index (Phi) is 5.90. The van der Waals surface area contributed by atoms with E-state index in [1.807, 2.05) is 0 Å². The van der Waals surface area contributed by atoms with Crippen molar-refractivity contribution in [2.75, 3.05) is 19.9 Å². The minimum absolute atomic E-state index is 0.00128. The SMILES string of the molecule is O=C(OCc1cc([N+](=O)[O-])cc2c1OCOC2)c1ccc(S(=O)(=O)N2CCCC2)cc1. The van der Waals surface area contributed by atoms with Crippen LogP contribution >= 0.6 is 0 Å². The molecule has 10 nitrogen and oxygen atoms in total. The molecule has 2 heterocycles. The smallest absolute Gasteiger partial charge is 0.338 e. The lowest BCUT2D eigenvalue weighted by Crippen LogP contribution is -2.27. The molecular formula is C20H20N2O8S. The van der Waals surface area contributed by atoms with Crippen molar-refractivity contribution < 1.29 is 32.3 Å². The minimum atomic E-state index is -3.57. The van der Waals surface area contributed by atoms with Gasteiger partial charge in [-0.2, -0.15) is 4.31 Å². The van der Waals surface area contributed by atoms with Crippen LogP contribution in [0.5, 0.6) is 5.75 Å². The van der Waals surface area contributed by atoms with E-state index in [4.69, 9.17) is 14.2 Å².